The summed E-state index contributed by atoms with van der Waals surface area (Å²) in [6.45, 7) is 3.31. The maximum atomic E-state index is 10.6. The summed E-state index contributed by atoms with van der Waals surface area (Å²) < 4.78 is 0. The van der Waals surface area contributed by atoms with Gasteiger partial charge >= 0.3 is 0 Å². The number of hydrogen-bond acceptors (Lipinski definition) is 3. The molecule has 1 rings (SSSR count). The van der Waals surface area contributed by atoms with Crippen LogP contribution in [0.15, 0.2) is 36.7 Å². The van der Waals surface area contributed by atoms with Gasteiger partial charge in [0.1, 0.15) is 11.6 Å². The first kappa shape index (κ1) is 20.4. The van der Waals surface area contributed by atoms with Gasteiger partial charge in [-0.3, -0.25) is 0 Å². The van der Waals surface area contributed by atoms with Gasteiger partial charge in [-0.2, -0.15) is 0 Å². The maximum absolute atomic E-state index is 10.6. The Kier molecular flexibility index (Phi) is 14.6. The van der Waals surface area contributed by atoms with Crippen molar-refractivity contribution in [3.63, 3.8) is 0 Å². The fourth-order valence-corrected chi connectivity index (χ4v) is 2.04. The van der Waals surface area contributed by atoms with E-state index in [4.69, 9.17) is 0 Å². The second kappa shape index (κ2) is 15.7. The summed E-state index contributed by atoms with van der Waals surface area (Å²) in [6, 6.07) is 0. The average Bonchev–Trinajstić information content (AvgIpc) is 2.78. The number of hydrogen-bond donors (Lipinski definition) is 1. The van der Waals surface area contributed by atoms with Crippen LogP contribution in [0.2, 0.25) is 0 Å². The largest absolute Gasteiger partial charge is 0.368 e. The Bertz CT molecular complexity index is 347. The van der Waals surface area contributed by atoms with Crippen molar-refractivity contribution in [2.24, 2.45) is 0 Å². The Morgan fingerprint density at radius 2 is 1.00 bits per heavy atom. The smallest absolute Gasteiger partial charge is 0.129 e. The van der Waals surface area contributed by atoms with E-state index in [1.54, 1.807) is 13.8 Å². The van der Waals surface area contributed by atoms with Crippen LogP contribution in [0.25, 0.3) is 0 Å². The van der Waals surface area contributed by atoms with Gasteiger partial charge in [0.05, 0.1) is 0 Å². The molecule has 1 N–H and O–H groups in total. The highest BCUT2D eigenvalue weighted by Crippen LogP contribution is 2.09. The molecule has 1 aliphatic rings. The lowest BCUT2D eigenvalue weighted by Gasteiger charge is -2.00. The molecule has 0 saturated heterocycles. The van der Waals surface area contributed by atoms with Crippen molar-refractivity contribution in [3.8, 4) is 0 Å². The molecular weight excluding hydrogens is 274 g/mol. The maximum Gasteiger partial charge on any atom is 0.129 e. The Balaban J connectivity index is 0.000000518. The monoisotopic (exact) mass is 305 g/mol. The third-order valence-electron chi connectivity index (χ3n) is 3.28. The third kappa shape index (κ3) is 18.4. The third-order valence-corrected chi connectivity index (χ3v) is 3.28. The highest BCUT2D eigenvalue weighted by atomic mass is 16.1. The Hall–Kier alpha value is -1.64. The van der Waals surface area contributed by atoms with E-state index in [0.29, 0.717) is 11.6 Å². The normalized spacial score (nSPS) is 12.1. The van der Waals surface area contributed by atoms with Gasteiger partial charge in [-0.25, -0.2) is 0 Å². The lowest BCUT2D eigenvalue weighted by molar-refractivity contribution is -0.117. The van der Waals surface area contributed by atoms with Crippen molar-refractivity contribution in [2.45, 2.75) is 71.6 Å². The number of carbonyl (C=O) groups is 2. The lowest BCUT2D eigenvalue weighted by Crippen LogP contribution is -1.90. The topological polar surface area (TPSA) is 46.2 Å². The van der Waals surface area contributed by atoms with Gasteiger partial charge in [-0.1, -0.05) is 44.3 Å². The first-order chi connectivity index (χ1) is 10.6. The van der Waals surface area contributed by atoms with Crippen LogP contribution in [0.3, 0.4) is 0 Å². The number of rotatable bonds is 10. The number of ketones is 2. The highest BCUT2D eigenvalue weighted by Gasteiger charge is 1.96. The summed E-state index contributed by atoms with van der Waals surface area (Å²) in [4.78, 5) is 21.3. The summed E-state index contributed by atoms with van der Waals surface area (Å²) in [5.74, 6) is 0.605. The fraction of sp³-hybridized carbons (Fsp3) is 0.579. The van der Waals surface area contributed by atoms with Crippen LogP contribution in [0.5, 0.6) is 0 Å². The first-order valence-electron chi connectivity index (χ1n) is 8.36. The molecule has 1 aliphatic heterocycles. The van der Waals surface area contributed by atoms with Crippen molar-refractivity contribution >= 4 is 11.6 Å². The molecule has 0 radical (unpaired) electrons. The number of unbranched alkanes of at least 4 members (excludes halogenated alkanes) is 6. The average molecular weight is 305 g/mol. The molecule has 0 atom stereocenters. The second-order valence-electron chi connectivity index (χ2n) is 5.65. The first-order valence-corrected chi connectivity index (χ1v) is 8.36. The molecule has 0 aromatic rings. The van der Waals surface area contributed by atoms with Gasteiger partial charge in [0.2, 0.25) is 0 Å². The number of Topliss-reactive ketones (excluding diaryl/α,β-unsaturated/α-hetero) is 2. The van der Waals surface area contributed by atoms with Crippen molar-refractivity contribution in [1.29, 1.82) is 0 Å². The number of carbonyl (C=O) groups excluding carboxylic acids is 2. The number of allylic oxidation sites excluding steroid dienone is 4. The minimum Gasteiger partial charge on any atom is -0.368 e. The molecule has 124 valence electrons. The Morgan fingerprint density at radius 1 is 0.636 bits per heavy atom. The van der Waals surface area contributed by atoms with Crippen LogP contribution < -0.4 is 5.32 Å². The molecule has 0 amide bonds. The minimum atomic E-state index is 0.302. The predicted molar refractivity (Wildman–Crippen MR) is 93.5 cm³/mol. The van der Waals surface area contributed by atoms with Gasteiger partial charge in [0.15, 0.2) is 0 Å². The van der Waals surface area contributed by atoms with Crippen LogP contribution in [0.4, 0.5) is 0 Å². The van der Waals surface area contributed by atoms with Gasteiger partial charge in [0, 0.05) is 25.2 Å². The second-order valence-corrected chi connectivity index (χ2v) is 5.65. The zero-order chi connectivity index (χ0) is 16.5. The Labute approximate surface area is 135 Å². The molecule has 3 nitrogen and oxygen atoms in total. The summed E-state index contributed by atoms with van der Waals surface area (Å²) in [5, 5.41) is 2.92. The van der Waals surface area contributed by atoms with Crippen molar-refractivity contribution in [1.82, 2.24) is 5.32 Å². The molecule has 0 aromatic heterocycles. The zero-order valence-corrected chi connectivity index (χ0v) is 14.1. The highest BCUT2D eigenvalue weighted by molar-refractivity contribution is 5.75. The van der Waals surface area contributed by atoms with E-state index in [-0.39, 0.29) is 0 Å². The van der Waals surface area contributed by atoms with Crippen LogP contribution in [-0.4, -0.2) is 11.6 Å². The fourth-order valence-electron chi connectivity index (χ4n) is 2.04. The Morgan fingerprint density at radius 3 is 1.36 bits per heavy atom. The molecule has 0 aliphatic carbocycles. The van der Waals surface area contributed by atoms with Crippen LogP contribution >= 0.6 is 0 Å². The molecule has 0 bridgehead atoms. The summed E-state index contributed by atoms with van der Waals surface area (Å²) in [6.07, 6.45) is 21.2. The molecule has 1 heterocycles. The zero-order valence-electron chi connectivity index (χ0n) is 14.1. The van der Waals surface area contributed by atoms with Gasteiger partial charge < -0.3 is 14.9 Å². The van der Waals surface area contributed by atoms with Crippen molar-refractivity contribution in [3.05, 3.63) is 36.7 Å². The van der Waals surface area contributed by atoms with Gasteiger partial charge in [-0.15, -0.1) is 0 Å². The quantitative estimate of drug-likeness (QED) is 0.587. The molecule has 0 aromatic carbocycles. The summed E-state index contributed by atoms with van der Waals surface area (Å²) >= 11 is 0. The molecule has 0 unspecified atom stereocenters. The van der Waals surface area contributed by atoms with E-state index in [9.17, 15) is 9.59 Å². The standard InChI is InChI=1S/C13H24O2.C6H7N/c1-12(14)10-8-6-4-3-5-7-9-11-13(2)15;1-2-4-6-7-5-3-1/h3-11H2,1-2H3;1-7H. The summed E-state index contributed by atoms with van der Waals surface area (Å²) in [7, 11) is 0. The molecule has 22 heavy (non-hydrogen) atoms. The minimum absolute atomic E-state index is 0.302. The molecular formula is C19H31NO2. The predicted octanol–water partition coefficient (Wildman–Crippen LogP) is 4.85. The van der Waals surface area contributed by atoms with Gasteiger partial charge in [-0.05, 0) is 38.8 Å². The van der Waals surface area contributed by atoms with Gasteiger partial charge in [0.25, 0.3) is 0 Å². The van der Waals surface area contributed by atoms with Crippen molar-refractivity contribution in [2.75, 3.05) is 0 Å². The van der Waals surface area contributed by atoms with Crippen molar-refractivity contribution < 1.29 is 9.59 Å². The lowest BCUT2D eigenvalue weighted by atomic mass is 10.1. The van der Waals surface area contributed by atoms with E-state index in [2.05, 4.69) is 5.32 Å². The van der Waals surface area contributed by atoms with Crippen LogP contribution in [0, 0.1) is 0 Å². The van der Waals surface area contributed by atoms with E-state index >= 15 is 0 Å². The SMILES string of the molecule is C1=CC=CNC=C1.CC(=O)CCCCCCCCCC(C)=O. The molecule has 0 saturated carbocycles. The molecule has 0 spiro atoms. The van der Waals surface area contributed by atoms with E-state index in [1.807, 2.05) is 36.7 Å². The number of nitrogens with one attached hydrogen (secondary N) is 1. The molecule has 3 heteroatoms. The van der Waals surface area contributed by atoms with E-state index < -0.39 is 0 Å². The van der Waals surface area contributed by atoms with Crippen LogP contribution in [-0.2, 0) is 9.59 Å². The van der Waals surface area contributed by atoms with Crippen LogP contribution in [0.1, 0.15) is 71.6 Å². The molecule has 0 fully saturated rings. The summed E-state index contributed by atoms with van der Waals surface area (Å²) in [5.41, 5.74) is 0. The van der Waals surface area contributed by atoms with E-state index in [0.717, 1.165) is 25.7 Å². The van der Waals surface area contributed by atoms with E-state index in [1.165, 1.54) is 32.1 Å².